The lowest BCUT2D eigenvalue weighted by Crippen LogP contribution is -2.34. The summed E-state index contributed by atoms with van der Waals surface area (Å²) in [5, 5.41) is 9.72. The molecule has 104 valence electrons. The first-order chi connectivity index (χ1) is 8.93. The van der Waals surface area contributed by atoms with Crippen LogP contribution in [-0.2, 0) is 14.3 Å². The summed E-state index contributed by atoms with van der Waals surface area (Å²) in [7, 11) is 1.18. The molecule has 1 aromatic heterocycles. The van der Waals surface area contributed by atoms with Gasteiger partial charge in [0.2, 0.25) is 0 Å². The lowest BCUT2D eigenvalue weighted by atomic mass is 10.2. The normalized spacial score (nSPS) is 26.4. The summed E-state index contributed by atoms with van der Waals surface area (Å²) < 4.78 is 11.2. The van der Waals surface area contributed by atoms with Crippen LogP contribution in [0.4, 0.5) is 0 Å². The Kier molecular flexibility index (Phi) is 4.06. The highest BCUT2D eigenvalue weighted by atomic mass is 127. The van der Waals surface area contributed by atoms with Crippen molar-refractivity contribution in [1.82, 2.24) is 9.55 Å². The van der Waals surface area contributed by atoms with Crippen LogP contribution in [0.15, 0.2) is 15.8 Å². The molecule has 0 unspecified atom stereocenters. The maximum atomic E-state index is 11.7. The second kappa shape index (κ2) is 5.43. The minimum absolute atomic E-state index is 0.0573. The van der Waals surface area contributed by atoms with Crippen molar-refractivity contribution in [2.45, 2.75) is 24.9 Å². The number of aliphatic hydroxyl groups is 1. The maximum absolute atomic E-state index is 11.7. The van der Waals surface area contributed by atoms with Crippen molar-refractivity contribution in [3.05, 3.63) is 30.6 Å². The van der Waals surface area contributed by atoms with E-state index in [0.29, 0.717) is 3.57 Å². The summed E-state index contributed by atoms with van der Waals surface area (Å²) >= 11 is 1.77. The molecule has 0 amide bonds. The highest BCUT2D eigenvalue weighted by molar-refractivity contribution is 14.1. The highest BCUT2D eigenvalue weighted by Crippen LogP contribution is 2.28. The number of aromatic nitrogens is 2. The predicted octanol–water partition coefficient (Wildman–Crippen LogP) is -1.04. The summed E-state index contributed by atoms with van der Waals surface area (Å²) in [5.41, 5.74) is -1.15. The Bertz CT molecular complexity index is 609. The van der Waals surface area contributed by atoms with Crippen LogP contribution < -0.4 is 11.2 Å². The molecule has 9 heteroatoms. The van der Waals surface area contributed by atoms with E-state index in [9.17, 15) is 19.5 Å². The number of nitrogens with one attached hydrogen (secondary N) is 1. The number of aliphatic hydroxyl groups excluding tert-OH is 1. The van der Waals surface area contributed by atoms with Crippen LogP contribution in [0, 0.1) is 3.57 Å². The van der Waals surface area contributed by atoms with Crippen LogP contribution >= 0.6 is 22.6 Å². The third-order valence-corrected chi connectivity index (χ3v) is 3.53. The number of carbonyl (C=O) groups is 1. The number of esters is 1. The molecule has 2 rings (SSSR count). The second-order valence-corrected chi connectivity index (χ2v) is 5.14. The number of nitrogens with zero attached hydrogens (tertiary/aromatic N) is 1. The molecule has 1 aliphatic rings. The number of rotatable bonds is 2. The maximum Gasteiger partial charge on any atom is 0.337 e. The van der Waals surface area contributed by atoms with Gasteiger partial charge in [-0.2, -0.15) is 0 Å². The van der Waals surface area contributed by atoms with E-state index >= 15 is 0 Å². The van der Waals surface area contributed by atoms with E-state index in [4.69, 9.17) is 4.74 Å². The fraction of sp³-hybridized carbons (Fsp3) is 0.500. The van der Waals surface area contributed by atoms with E-state index in [1.54, 1.807) is 22.6 Å². The molecule has 1 aromatic rings. The summed E-state index contributed by atoms with van der Waals surface area (Å²) in [4.78, 5) is 36.4. The van der Waals surface area contributed by atoms with E-state index in [1.165, 1.54) is 13.3 Å². The average Bonchev–Trinajstić information content (AvgIpc) is 2.75. The molecule has 0 aromatic carbocycles. The first kappa shape index (κ1) is 14.2. The molecule has 0 bridgehead atoms. The number of carbonyl (C=O) groups excluding carboxylic acids is 1. The van der Waals surface area contributed by atoms with E-state index in [-0.39, 0.29) is 6.42 Å². The highest BCUT2D eigenvalue weighted by Gasteiger charge is 2.40. The molecule has 19 heavy (non-hydrogen) atoms. The van der Waals surface area contributed by atoms with Crippen molar-refractivity contribution >= 4 is 28.6 Å². The minimum atomic E-state index is -1.13. The molecular formula is C10H11IN2O6. The van der Waals surface area contributed by atoms with E-state index < -0.39 is 35.7 Å². The Morgan fingerprint density at radius 2 is 2.32 bits per heavy atom. The van der Waals surface area contributed by atoms with Gasteiger partial charge in [0.1, 0.15) is 6.23 Å². The Morgan fingerprint density at radius 1 is 1.63 bits per heavy atom. The van der Waals surface area contributed by atoms with Crippen molar-refractivity contribution in [2.24, 2.45) is 0 Å². The van der Waals surface area contributed by atoms with Crippen LogP contribution in [0.5, 0.6) is 0 Å². The molecule has 0 aliphatic carbocycles. The van der Waals surface area contributed by atoms with Crippen molar-refractivity contribution in [3.8, 4) is 0 Å². The number of hydrogen-bond acceptors (Lipinski definition) is 6. The third kappa shape index (κ3) is 2.72. The zero-order valence-electron chi connectivity index (χ0n) is 9.83. The number of H-pyrrole nitrogens is 1. The van der Waals surface area contributed by atoms with Crippen molar-refractivity contribution in [2.75, 3.05) is 7.11 Å². The zero-order valence-corrected chi connectivity index (χ0v) is 12.0. The van der Waals surface area contributed by atoms with Crippen LogP contribution in [0.1, 0.15) is 12.6 Å². The van der Waals surface area contributed by atoms with Gasteiger partial charge in [-0.15, -0.1) is 0 Å². The first-order valence-corrected chi connectivity index (χ1v) is 6.44. The monoisotopic (exact) mass is 382 g/mol. The van der Waals surface area contributed by atoms with Crippen LogP contribution in [0.2, 0.25) is 0 Å². The molecule has 3 atom stereocenters. The van der Waals surface area contributed by atoms with Gasteiger partial charge in [-0.3, -0.25) is 14.3 Å². The van der Waals surface area contributed by atoms with E-state index in [2.05, 4.69) is 9.72 Å². The zero-order chi connectivity index (χ0) is 14.2. The number of aromatic amines is 1. The van der Waals surface area contributed by atoms with Gasteiger partial charge in [0.25, 0.3) is 5.56 Å². The largest absolute Gasteiger partial charge is 0.467 e. The van der Waals surface area contributed by atoms with Crippen molar-refractivity contribution < 1.29 is 19.4 Å². The molecule has 0 saturated carbocycles. The van der Waals surface area contributed by atoms with E-state index in [1.807, 2.05) is 0 Å². The van der Waals surface area contributed by atoms with Gasteiger partial charge >= 0.3 is 11.7 Å². The number of hydrogen-bond donors (Lipinski definition) is 2. The molecule has 2 N–H and O–H groups in total. The predicted molar refractivity (Wildman–Crippen MR) is 70.6 cm³/mol. The van der Waals surface area contributed by atoms with Gasteiger partial charge in [-0.1, -0.05) is 0 Å². The van der Waals surface area contributed by atoms with Gasteiger partial charge < -0.3 is 14.6 Å². The molecular weight excluding hydrogens is 371 g/mol. The number of ether oxygens (including phenoxy) is 2. The Balaban J connectivity index is 2.30. The van der Waals surface area contributed by atoms with E-state index in [0.717, 1.165) is 4.57 Å². The van der Waals surface area contributed by atoms with Gasteiger partial charge in [0.05, 0.1) is 16.8 Å². The Labute approximate surface area is 120 Å². The quantitative estimate of drug-likeness (QED) is 0.500. The Hall–Kier alpha value is -1.20. The fourth-order valence-corrected chi connectivity index (χ4v) is 2.26. The summed E-state index contributed by atoms with van der Waals surface area (Å²) in [6.07, 6.45) is -1.64. The molecule has 1 fully saturated rings. The van der Waals surface area contributed by atoms with Crippen molar-refractivity contribution in [1.29, 1.82) is 0 Å². The van der Waals surface area contributed by atoms with Gasteiger partial charge in [-0.25, -0.2) is 9.59 Å². The SMILES string of the molecule is COC(=O)[C@H]1O[C@@H](n2cc(I)c(=O)[nH]c2=O)C[C@@H]1O. The molecule has 0 radical (unpaired) electrons. The molecule has 1 saturated heterocycles. The molecule has 8 nitrogen and oxygen atoms in total. The minimum Gasteiger partial charge on any atom is -0.467 e. The lowest BCUT2D eigenvalue weighted by molar-refractivity contribution is -0.159. The van der Waals surface area contributed by atoms with Crippen LogP contribution in [0.25, 0.3) is 0 Å². The molecule has 0 spiro atoms. The molecule has 1 aliphatic heterocycles. The standard InChI is InChI=1S/C10H11IN2O6/c1-18-9(16)7-5(14)2-6(19-7)13-3-4(11)8(15)12-10(13)17/h3,5-7,14H,2H2,1H3,(H,12,15,17)/t5-,6+,7-/m0/s1. The first-order valence-electron chi connectivity index (χ1n) is 5.36. The third-order valence-electron chi connectivity index (χ3n) is 2.76. The second-order valence-electron chi connectivity index (χ2n) is 3.98. The van der Waals surface area contributed by atoms with Crippen LogP contribution in [0.3, 0.4) is 0 Å². The van der Waals surface area contributed by atoms with Gasteiger partial charge in [-0.05, 0) is 22.6 Å². The number of methoxy groups -OCH3 is 1. The number of halogens is 1. The van der Waals surface area contributed by atoms with Gasteiger partial charge in [0, 0.05) is 12.6 Å². The fourth-order valence-electron chi connectivity index (χ4n) is 1.83. The lowest BCUT2D eigenvalue weighted by Gasteiger charge is -2.14. The average molecular weight is 382 g/mol. The van der Waals surface area contributed by atoms with Crippen molar-refractivity contribution in [3.63, 3.8) is 0 Å². The summed E-state index contributed by atoms with van der Waals surface area (Å²) in [6.45, 7) is 0. The van der Waals surface area contributed by atoms with Crippen LogP contribution in [-0.4, -0.2) is 39.9 Å². The summed E-state index contributed by atoms with van der Waals surface area (Å²) in [6, 6.07) is 0. The smallest absolute Gasteiger partial charge is 0.337 e. The molecule has 2 heterocycles. The topological polar surface area (TPSA) is 111 Å². The Morgan fingerprint density at radius 3 is 2.95 bits per heavy atom. The summed E-state index contributed by atoms with van der Waals surface area (Å²) in [5.74, 6) is -0.706. The van der Waals surface area contributed by atoms with Gasteiger partial charge in [0.15, 0.2) is 6.10 Å².